The van der Waals surface area contributed by atoms with E-state index >= 15 is 0 Å². The van der Waals surface area contributed by atoms with Gasteiger partial charge in [-0.1, -0.05) is 0 Å². The minimum atomic E-state index is 0.768. The fraction of sp³-hybridized carbons (Fsp3) is 1.00. The second kappa shape index (κ2) is 4.42. The molecular formula is C9H18Al+. The maximum absolute atomic E-state index is 2.41. The molecule has 0 bridgehead atoms. The number of hydrogen-bond acceptors (Lipinski definition) is 0. The summed E-state index contributed by atoms with van der Waals surface area (Å²) < 4.78 is 1.16. The average Bonchev–Trinajstić information content (AvgIpc) is 2.05. The molecule has 0 N–H and O–H groups in total. The monoisotopic (exact) mass is 153 g/mol. The molecule has 0 aliphatic heterocycles. The van der Waals surface area contributed by atoms with E-state index in [9.17, 15) is 0 Å². The van der Waals surface area contributed by atoms with Crippen LogP contribution in [0.1, 0.15) is 39.0 Å². The second-order valence-corrected chi connectivity index (χ2v) is 5.13. The van der Waals surface area contributed by atoms with Crippen molar-refractivity contribution >= 4 is 15.2 Å². The van der Waals surface area contributed by atoms with Crippen LogP contribution < -0.4 is 0 Å². The van der Waals surface area contributed by atoms with E-state index < -0.39 is 0 Å². The average molecular weight is 153 g/mol. The van der Waals surface area contributed by atoms with Gasteiger partial charge in [-0.15, -0.1) is 0 Å². The van der Waals surface area contributed by atoms with Gasteiger partial charge in [0.25, 0.3) is 0 Å². The molecule has 10 heavy (non-hydrogen) atoms. The Morgan fingerprint density at radius 1 is 1.20 bits per heavy atom. The SMILES string of the molecule is CCC1CC[CH]([Al+][CH3])CC1. The van der Waals surface area contributed by atoms with Crippen molar-refractivity contribution in [3.8, 4) is 0 Å². The molecule has 0 aromatic rings. The van der Waals surface area contributed by atoms with Crippen molar-refractivity contribution < 1.29 is 0 Å². The maximum atomic E-state index is 2.41. The van der Waals surface area contributed by atoms with Crippen LogP contribution in [0, 0.1) is 5.92 Å². The third-order valence-corrected chi connectivity index (χ3v) is 4.55. The van der Waals surface area contributed by atoms with Gasteiger partial charge in [0.1, 0.15) is 0 Å². The molecule has 0 amide bonds. The summed E-state index contributed by atoms with van der Waals surface area (Å²) >= 11 is 0.768. The van der Waals surface area contributed by atoms with Crippen LogP contribution in [0.4, 0.5) is 0 Å². The Bertz CT molecular complexity index is 70.7. The molecule has 56 valence electrons. The van der Waals surface area contributed by atoms with E-state index in [0.717, 1.165) is 25.9 Å². The standard InChI is InChI=1S/C8H15.CH3.Al/c1-2-8-6-4-3-5-7-8;;/h3,8H,2,4-7H2,1H3;1H3;/q;;+1. The van der Waals surface area contributed by atoms with Crippen LogP contribution >= 0.6 is 0 Å². The Kier molecular flexibility index (Phi) is 3.81. The van der Waals surface area contributed by atoms with Crippen molar-refractivity contribution in [2.75, 3.05) is 0 Å². The summed E-state index contributed by atoms with van der Waals surface area (Å²) in [4.78, 5) is 0. The van der Waals surface area contributed by atoms with Gasteiger partial charge >= 0.3 is 70.7 Å². The summed E-state index contributed by atoms with van der Waals surface area (Å²) in [5, 5.41) is 0. The van der Waals surface area contributed by atoms with Crippen LogP contribution in [0.5, 0.6) is 0 Å². The van der Waals surface area contributed by atoms with E-state index in [0.29, 0.717) is 0 Å². The van der Waals surface area contributed by atoms with E-state index in [4.69, 9.17) is 0 Å². The van der Waals surface area contributed by atoms with Crippen molar-refractivity contribution in [3.05, 3.63) is 0 Å². The molecular weight excluding hydrogens is 135 g/mol. The van der Waals surface area contributed by atoms with Gasteiger partial charge in [-0.05, 0) is 0 Å². The summed E-state index contributed by atoms with van der Waals surface area (Å²) in [5.41, 5.74) is 0. The van der Waals surface area contributed by atoms with Gasteiger partial charge in [0.15, 0.2) is 0 Å². The van der Waals surface area contributed by atoms with E-state index in [1.54, 1.807) is 12.8 Å². The first kappa shape index (κ1) is 8.63. The first-order valence-electron chi connectivity index (χ1n) is 4.66. The molecule has 1 aliphatic rings. The Morgan fingerprint density at radius 2 is 1.80 bits per heavy atom. The summed E-state index contributed by atoms with van der Waals surface area (Å²) in [7, 11) is 0. The number of hydrogen-bond donors (Lipinski definition) is 0. The Morgan fingerprint density at radius 3 is 2.20 bits per heavy atom. The van der Waals surface area contributed by atoms with Crippen molar-refractivity contribution in [2.24, 2.45) is 5.92 Å². The summed E-state index contributed by atoms with van der Waals surface area (Å²) in [5.74, 6) is 3.50. The van der Waals surface area contributed by atoms with E-state index in [2.05, 4.69) is 12.7 Å². The van der Waals surface area contributed by atoms with Crippen LogP contribution in [0.3, 0.4) is 0 Å². The molecule has 1 rings (SSSR count). The third-order valence-electron chi connectivity index (χ3n) is 2.94. The topological polar surface area (TPSA) is 0 Å². The molecule has 0 spiro atoms. The predicted molar refractivity (Wildman–Crippen MR) is 47.6 cm³/mol. The fourth-order valence-electron chi connectivity index (χ4n) is 1.93. The summed E-state index contributed by atoms with van der Waals surface area (Å²) in [6.07, 6.45) is 7.57. The number of rotatable bonds is 2. The summed E-state index contributed by atoms with van der Waals surface area (Å²) in [6.45, 7) is 2.34. The van der Waals surface area contributed by atoms with Gasteiger partial charge in [0.05, 0.1) is 0 Å². The van der Waals surface area contributed by atoms with Crippen LogP contribution in [0.25, 0.3) is 0 Å². The summed E-state index contributed by atoms with van der Waals surface area (Å²) in [6, 6.07) is 0. The molecule has 0 radical (unpaired) electrons. The molecule has 0 heterocycles. The van der Waals surface area contributed by atoms with Gasteiger partial charge in [0, 0.05) is 0 Å². The van der Waals surface area contributed by atoms with Crippen molar-refractivity contribution in [3.63, 3.8) is 0 Å². The molecule has 1 saturated carbocycles. The molecule has 0 aromatic heterocycles. The molecule has 1 fully saturated rings. The zero-order valence-corrected chi connectivity index (χ0v) is 8.42. The molecule has 0 unspecified atom stereocenters. The van der Waals surface area contributed by atoms with Gasteiger partial charge < -0.3 is 0 Å². The van der Waals surface area contributed by atoms with Crippen molar-refractivity contribution in [2.45, 2.75) is 49.6 Å². The van der Waals surface area contributed by atoms with E-state index in [-0.39, 0.29) is 0 Å². The Hall–Kier alpha value is 0.532. The van der Waals surface area contributed by atoms with Gasteiger partial charge in [-0.25, -0.2) is 0 Å². The van der Waals surface area contributed by atoms with E-state index in [1.807, 2.05) is 0 Å². The van der Waals surface area contributed by atoms with Gasteiger partial charge in [0.2, 0.25) is 0 Å². The first-order valence-corrected chi connectivity index (χ1v) is 6.48. The van der Waals surface area contributed by atoms with Crippen molar-refractivity contribution in [1.29, 1.82) is 0 Å². The van der Waals surface area contributed by atoms with Gasteiger partial charge in [-0.3, -0.25) is 0 Å². The first-order chi connectivity index (χ1) is 4.86. The molecule has 0 saturated heterocycles. The Labute approximate surface area is 71.1 Å². The molecule has 0 aromatic carbocycles. The Balaban J connectivity index is 2.17. The van der Waals surface area contributed by atoms with Crippen LogP contribution in [0.2, 0.25) is 10.6 Å². The van der Waals surface area contributed by atoms with Crippen LogP contribution in [0.15, 0.2) is 0 Å². The van der Waals surface area contributed by atoms with Crippen molar-refractivity contribution in [1.82, 2.24) is 0 Å². The normalized spacial score (nSPS) is 33.4. The van der Waals surface area contributed by atoms with E-state index in [1.165, 1.54) is 19.3 Å². The zero-order chi connectivity index (χ0) is 7.40. The second-order valence-electron chi connectivity index (χ2n) is 3.52. The molecule has 0 atom stereocenters. The molecule has 1 aliphatic carbocycles. The minimum absolute atomic E-state index is 0.768. The van der Waals surface area contributed by atoms with Crippen LogP contribution in [-0.2, 0) is 0 Å². The molecule has 0 nitrogen and oxygen atoms in total. The van der Waals surface area contributed by atoms with Gasteiger partial charge in [-0.2, -0.15) is 0 Å². The fourth-order valence-corrected chi connectivity index (χ4v) is 2.98. The zero-order valence-electron chi connectivity index (χ0n) is 7.27. The predicted octanol–water partition coefficient (Wildman–Crippen LogP) is 3.13. The third kappa shape index (κ3) is 2.29. The molecule has 1 heteroatoms. The van der Waals surface area contributed by atoms with Crippen LogP contribution in [-0.4, -0.2) is 15.2 Å². The quantitative estimate of drug-likeness (QED) is 0.535.